The predicted molar refractivity (Wildman–Crippen MR) is 53.6 cm³/mol. The molecule has 7 nitrogen and oxygen atoms in total. The average Bonchev–Trinajstić information content (AvgIpc) is 2.67. The summed E-state index contributed by atoms with van der Waals surface area (Å²) in [6.45, 7) is 1.50. The number of aromatic nitrogens is 4. The lowest BCUT2D eigenvalue weighted by atomic mass is 10.1. The Morgan fingerprint density at radius 2 is 2.24 bits per heavy atom. The maximum atomic E-state index is 13.6. The third-order valence-corrected chi connectivity index (χ3v) is 2.23. The second kappa shape index (κ2) is 3.81. The highest BCUT2D eigenvalue weighted by Gasteiger charge is 2.21. The van der Waals surface area contributed by atoms with Gasteiger partial charge in [-0.1, -0.05) is 6.07 Å². The van der Waals surface area contributed by atoms with Crippen molar-refractivity contribution in [2.24, 2.45) is 0 Å². The topological polar surface area (TPSA) is 101 Å². The summed E-state index contributed by atoms with van der Waals surface area (Å²) in [4.78, 5) is 22.3. The Balaban J connectivity index is 2.85. The fraction of sp³-hybridized carbons (Fsp3) is 0.111. The molecule has 17 heavy (non-hydrogen) atoms. The highest BCUT2D eigenvalue weighted by atomic mass is 19.1. The summed E-state index contributed by atoms with van der Waals surface area (Å²) in [5, 5.41) is 17.5. The lowest BCUT2D eigenvalue weighted by Gasteiger charge is -2.08. The number of halogens is 1. The number of carboxylic acids is 1. The van der Waals surface area contributed by atoms with Crippen molar-refractivity contribution in [3.63, 3.8) is 0 Å². The van der Waals surface area contributed by atoms with Crippen molar-refractivity contribution in [2.45, 2.75) is 6.92 Å². The van der Waals surface area contributed by atoms with E-state index in [0.29, 0.717) is 10.2 Å². The molecule has 2 aromatic rings. The first kappa shape index (κ1) is 11.0. The number of hydrogen-bond acceptors (Lipinski definition) is 4. The van der Waals surface area contributed by atoms with Crippen LogP contribution in [0.25, 0.3) is 5.69 Å². The van der Waals surface area contributed by atoms with Crippen molar-refractivity contribution in [3.8, 4) is 5.69 Å². The smallest absolute Gasteiger partial charge is 0.365 e. The lowest BCUT2D eigenvalue weighted by molar-refractivity contribution is 0.0695. The number of nitrogens with zero attached hydrogens (tertiary/aromatic N) is 3. The Morgan fingerprint density at radius 3 is 2.76 bits per heavy atom. The van der Waals surface area contributed by atoms with Crippen LogP contribution in [-0.4, -0.2) is 31.3 Å². The molecule has 0 unspecified atom stereocenters. The van der Waals surface area contributed by atoms with Crippen LogP contribution in [0.2, 0.25) is 0 Å². The molecular formula is C9H7FN4O3. The summed E-state index contributed by atoms with van der Waals surface area (Å²) in [6.07, 6.45) is 0. The number of aromatic amines is 1. The molecule has 0 saturated heterocycles. The highest BCUT2D eigenvalue weighted by Crippen LogP contribution is 2.20. The van der Waals surface area contributed by atoms with E-state index in [0.717, 1.165) is 6.07 Å². The summed E-state index contributed by atoms with van der Waals surface area (Å²) in [5.74, 6) is -2.20. The second-order valence-electron chi connectivity index (χ2n) is 3.31. The normalized spacial score (nSPS) is 10.5. The fourth-order valence-electron chi connectivity index (χ4n) is 1.49. The predicted octanol–water partition coefficient (Wildman–Crippen LogP) is 0.101. The van der Waals surface area contributed by atoms with Crippen LogP contribution in [0, 0.1) is 12.7 Å². The second-order valence-corrected chi connectivity index (χ2v) is 3.31. The molecule has 0 fully saturated rings. The molecule has 0 bridgehead atoms. The molecule has 0 radical (unpaired) electrons. The Kier molecular flexibility index (Phi) is 2.47. The number of carbonyl (C=O) groups is 1. The molecule has 0 amide bonds. The molecule has 1 heterocycles. The summed E-state index contributed by atoms with van der Waals surface area (Å²) < 4.78 is 14.2. The van der Waals surface area contributed by atoms with E-state index in [9.17, 15) is 14.0 Å². The van der Waals surface area contributed by atoms with Gasteiger partial charge >= 0.3 is 11.7 Å². The lowest BCUT2D eigenvalue weighted by Crippen LogP contribution is -2.21. The number of aromatic carboxylic acids is 1. The molecule has 2 N–H and O–H groups in total. The molecule has 0 aliphatic carbocycles. The number of nitrogens with one attached hydrogen (secondary N) is 1. The maximum absolute atomic E-state index is 13.6. The minimum absolute atomic E-state index is 0.319. The first-order valence-electron chi connectivity index (χ1n) is 4.55. The summed E-state index contributed by atoms with van der Waals surface area (Å²) in [6, 6.07) is 2.38. The molecule has 1 aromatic heterocycles. The van der Waals surface area contributed by atoms with Gasteiger partial charge in [0.1, 0.15) is 11.5 Å². The molecule has 0 aliphatic rings. The van der Waals surface area contributed by atoms with Gasteiger partial charge < -0.3 is 5.11 Å². The summed E-state index contributed by atoms with van der Waals surface area (Å²) in [7, 11) is 0. The van der Waals surface area contributed by atoms with Crippen LogP contribution in [0.4, 0.5) is 4.39 Å². The Morgan fingerprint density at radius 1 is 1.53 bits per heavy atom. The van der Waals surface area contributed by atoms with E-state index in [1.807, 2.05) is 5.10 Å². The van der Waals surface area contributed by atoms with Crippen LogP contribution in [-0.2, 0) is 0 Å². The van der Waals surface area contributed by atoms with Crippen LogP contribution in [0.1, 0.15) is 15.9 Å². The highest BCUT2D eigenvalue weighted by molar-refractivity contribution is 5.93. The van der Waals surface area contributed by atoms with Crippen molar-refractivity contribution >= 4 is 5.97 Å². The number of benzene rings is 1. The molecule has 0 atom stereocenters. The van der Waals surface area contributed by atoms with Gasteiger partial charge in [0.2, 0.25) is 0 Å². The van der Waals surface area contributed by atoms with Crippen LogP contribution in [0.15, 0.2) is 16.9 Å². The largest absolute Gasteiger partial charge is 0.478 e. The Hall–Kier alpha value is -2.51. The molecule has 0 aliphatic heterocycles. The van der Waals surface area contributed by atoms with Crippen molar-refractivity contribution in [1.29, 1.82) is 0 Å². The molecule has 2 rings (SSSR count). The Labute approximate surface area is 93.5 Å². The van der Waals surface area contributed by atoms with Crippen LogP contribution in [0.3, 0.4) is 0 Å². The van der Waals surface area contributed by atoms with Crippen LogP contribution >= 0.6 is 0 Å². The van der Waals surface area contributed by atoms with Crippen LogP contribution in [0.5, 0.6) is 0 Å². The molecule has 0 saturated carbocycles. The van der Waals surface area contributed by atoms with Crippen molar-refractivity contribution in [3.05, 3.63) is 39.6 Å². The van der Waals surface area contributed by atoms with E-state index in [4.69, 9.17) is 5.11 Å². The van der Waals surface area contributed by atoms with Gasteiger partial charge in [-0.05, 0) is 29.0 Å². The monoisotopic (exact) mass is 238 g/mol. The third-order valence-electron chi connectivity index (χ3n) is 2.23. The standard InChI is InChI=1S/C9H7FN4O3/c1-4-2-3-5(10)7(6(4)8(15)16)14-9(17)11-12-13-14/h2-3H,1H3,(H,15,16)(H,11,13,17). The van der Waals surface area contributed by atoms with Crippen molar-refractivity contribution < 1.29 is 14.3 Å². The molecule has 8 heteroatoms. The minimum atomic E-state index is -1.34. The Bertz CT molecular complexity index is 646. The summed E-state index contributed by atoms with van der Waals surface area (Å²) >= 11 is 0. The van der Waals surface area contributed by atoms with Crippen molar-refractivity contribution in [2.75, 3.05) is 0 Å². The molecular weight excluding hydrogens is 231 g/mol. The number of tetrazole rings is 1. The molecule has 1 aromatic carbocycles. The van der Waals surface area contributed by atoms with E-state index in [-0.39, 0.29) is 5.56 Å². The van der Waals surface area contributed by atoms with Crippen molar-refractivity contribution in [1.82, 2.24) is 20.2 Å². The zero-order chi connectivity index (χ0) is 12.6. The molecule has 0 spiro atoms. The first-order valence-corrected chi connectivity index (χ1v) is 4.55. The number of aryl methyl sites for hydroxylation is 1. The van der Waals surface area contributed by atoms with Gasteiger partial charge in [0.05, 0.1) is 5.56 Å². The number of rotatable bonds is 2. The molecule has 88 valence electrons. The van der Waals surface area contributed by atoms with E-state index in [2.05, 4.69) is 10.4 Å². The number of H-pyrrole nitrogens is 1. The number of carboxylic acid groups (broad SMARTS) is 1. The van der Waals surface area contributed by atoms with Gasteiger partial charge in [0.15, 0.2) is 0 Å². The fourth-order valence-corrected chi connectivity index (χ4v) is 1.49. The van der Waals surface area contributed by atoms with E-state index >= 15 is 0 Å². The first-order chi connectivity index (χ1) is 8.02. The van der Waals surface area contributed by atoms with Gasteiger partial charge in [0.25, 0.3) is 0 Å². The van der Waals surface area contributed by atoms with E-state index < -0.39 is 23.2 Å². The van der Waals surface area contributed by atoms with Crippen LogP contribution < -0.4 is 5.69 Å². The quantitative estimate of drug-likeness (QED) is 0.772. The van der Waals surface area contributed by atoms with E-state index in [1.54, 1.807) is 0 Å². The van der Waals surface area contributed by atoms with Gasteiger partial charge in [-0.15, -0.1) is 0 Å². The van der Waals surface area contributed by atoms with Gasteiger partial charge in [-0.2, -0.15) is 4.68 Å². The van der Waals surface area contributed by atoms with Gasteiger partial charge in [-0.25, -0.2) is 19.1 Å². The van der Waals surface area contributed by atoms with E-state index in [1.165, 1.54) is 13.0 Å². The van der Waals surface area contributed by atoms with Gasteiger partial charge in [0, 0.05) is 0 Å². The maximum Gasteiger partial charge on any atom is 0.365 e. The zero-order valence-corrected chi connectivity index (χ0v) is 8.64. The minimum Gasteiger partial charge on any atom is -0.478 e. The average molecular weight is 238 g/mol. The third kappa shape index (κ3) is 1.69. The SMILES string of the molecule is Cc1ccc(F)c(-n2nn[nH]c2=O)c1C(=O)O. The number of hydrogen-bond donors (Lipinski definition) is 2. The summed E-state index contributed by atoms with van der Waals surface area (Å²) in [5.41, 5.74) is -1.22. The van der Waals surface area contributed by atoms with Gasteiger partial charge in [-0.3, -0.25) is 0 Å². The zero-order valence-electron chi connectivity index (χ0n) is 8.64.